The van der Waals surface area contributed by atoms with E-state index in [0.29, 0.717) is 19.5 Å². The van der Waals surface area contributed by atoms with Gasteiger partial charge in [0.15, 0.2) is 5.75 Å². The summed E-state index contributed by atoms with van der Waals surface area (Å²) in [5, 5.41) is 16.0. The van der Waals surface area contributed by atoms with Crippen molar-refractivity contribution in [1.82, 2.24) is 20.2 Å². The maximum Gasteiger partial charge on any atom is 0.414 e. The Balaban J connectivity index is 1.70. The van der Waals surface area contributed by atoms with Crippen LogP contribution in [0.5, 0.6) is 11.6 Å². The Morgan fingerprint density at radius 3 is 2.57 bits per heavy atom. The fourth-order valence-electron chi connectivity index (χ4n) is 2.87. The van der Waals surface area contributed by atoms with E-state index in [9.17, 15) is 19.5 Å². The van der Waals surface area contributed by atoms with Gasteiger partial charge in [-0.1, -0.05) is 30.3 Å². The number of carbonyl (C=O) groups excluding carboxylic acids is 2. The monoisotopic (exact) mass is 410 g/mol. The van der Waals surface area contributed by atoms with E-state index in [2.05, 4.69) is 15.6 Å². The van der Waals surface area contributed by atoms with Crippen molar-refractivity contribution in [3.8, 4) is 11.6 Å². The highest BCUT2D eigenvalue weighted by molar-refractivity contribution is 5.89. The average Bonchev–Trinajstić information content (AvgIpc) is 2.72. The smallest absolute Gasteiger partial charge is 0.414 e. The minimum absolute atomic E-state index is 0.148. The number of nitrogens with one attached hydrogen (secondary N) is 2. The molecule has 3 N–H and O–H groups in total. The van der Waals surface area contributed by atoms with Gasteiger partial charge < -0.3 is 25.0 Å². The Hall–Kier alpha value is -3.88. The number of fused-ring (bicyclic) bond motifs is 1. The fraction of sp³-hybridized carbons (Fsp3) is 0.238. The second-order valence-electron chi connectivity index (χ2n) is 6.63. The summed E-state index contributed by atoms with van der Waals surface area (Å²) < 4.78 is 6.55. The summed E-state index contributed by atoms with van der Waals surface area (Å²) >= 11 is 0. The highest BCUT2D eigenvalue weighted by Crippen LogP contribution is 2.30. The van der Waals surface area contributed by atoms with Gasteiger partial charge >= 0.3 is 6.09 Å². The number of carbonyl (C=O) groups is 2. The third-order valence-electron chi connectivity index (χ3n) is 4.35. The third-order valence-corrected chi connectivity index (χ3v) is 4.35. The molecule has 9 heteroatoms. The Morgan fingerprint density at radius 2 is 1.83 bits per heavy atom. The van der Waals surface area contributed by atoms with E-state index in [0.717, 1.165) is 5.56 Å². The molecule has 0 fully saturated rings. The molecule has 0 atom stereocenters. The molecular weight excluding hydrogens is 388 g/mol. The SMILES string of the molecule is CC(=O)NCCCNC(=O)Oc1ncc2c(=O)n(Cc3ccccc3)ccc2c1O. The molecule has 0 radical (unpaired) electrons. The van der Waals surface area contributed by atoms with E-state index in [1.54, 1.807) is 12.3 Å². The van der Waals surface area contributed by atoms with Crippen molar-refractivity contribution >= 4 is 22.8 Å². The fourth-order valence-corrected chi connectivity index (χ4v) is 2.87. The van der Waals surface area contributed by atoms with Crippen LogP contribution in [0.25, 0.3) is 10.8 Å². The summed E-state index contributed by atoms with van der Waals surface area (Å²) in [6.07, 6.45) is 2.58. The minimum atomic E-state index is -0.794. The van der Waals surface area contributed by atoms with Crippen LogP contribution in [0, 0.1) is 0 Å². The second-order valence-corrected chi connectivity index (χ2v) is 6.63. The van der Waals surface area contributed by atoms with Crippen molar-refractivity contribution < 1.29 is 19.4 Å². The third kappa shape index (κ3) is 5.13. The number of ether oxygens (including phenoxy) is 1. The molecule has 0 aliphatic heterocycles. The minimum Gasteiger partial charge on any atom is -0.503 e. The van der Waals surface area contributed by atoms with Gasteiger partial charge in [-0.2, -0.15) is 0 Å². The van der Waals surface area contributed by atoms with Crippen molar-refractivity contribution in [2.24, 2.45) is 0 Å². The number of benzene rings is 1. The van der Waals surface area contributed by atoms with E-state index < -0.39 is 6.09 Å². The van der Waals surface area contributed by atoms with E-state index in [-0.39, 0.29) is 40.4 Å². The second kappa shape index (κ2) is 9.55. The number of amides is 2. The van der Waals surface area contributed by atoms with E-state index in [4.69, 9.17) is 4.74 Å². The van der Waals surface area contributed by atoms with Crippen molar-refractivity contribution in [3.63, 3.8) is 0 Å². The Kier molecular flexibility index (Phi) is 6.63. The number of aromatic hydroxyl groups is 1. The summed E-state index contributed by atoms with van der Waals surface area (Å²) in [5.41, 5.74) is 0.652. The zero-order valence-corrected chi connectivity index (χ0v) is 16.4. The maximum absolute atomic E-state index is 12.7. The van der Waals surface area contributed by atoms with Gasteiger partial charge in [-0.15, -0.1) is 0 Å². The van der Waals surface area contributed by atoms with Crippen LogP contribution in [0.1, 0.15) is 18.9 Å². The molecule has 156 valence electrons. The topological polar surface area (TPSA) is 123 Å². The molecule has 0 aliphatic carbocycles. The molecule has 0 spiro atoms. The molecule has 2 aromatic heterocycles. The number of nitrogens with zero attached hydrogens (tertiary/aromatic N) is 2. The molecule has 30 heavy (non-hydrogen) atoms. The lowest BCUT2D eigenvalue weighted by Crippen LogP contribution is -2.31. The molecule has 1 aromatic carbocycles. The van der Waals surface area contributed by atoms with Crippen LogP contribution in [0.2, 0.25) is 0 Å². The summed E-state index contributed by atoms with van der Waals surface area (Å²) in [4.78, 5) is 39.3. The lowest BCUT2D eigenvalue weighted by atomic mass is 10.2. The van der Waals surface area contributed by atoms with Gasteiger partial charge in [-0.25, -0.2) is 9.78 Å². The van der Waals surface area contributed by atoms with Gasteiger partial charge in [0.2, 0.25) is 5.91 Å². The summed E-state index contributed by atoms with van der Waals surface area (Å²) in [6, 6.07) is 11.1. The van der Waals surface area contributed by atoms with Gasteiger partial charge in [0.25, 0.3) is 11.4 Å². The van der Waals surface area contributed by atoms with Crippen molar-refractivity contribution in [2.45, 2.75) is 19.9 Å². The lowest BCUT2D eigenvalue weighted by molar-refractivity contribution is -0.118. The van der Waals surface area contributed by atoms with Crippen LogP contribution in [-0.4, -0.2) is 39.7 Å². The van der Waals surface area contributed by atoms with Gasteiger partial charge in [0.05, 0.1) is 11.9 Å². The first kappa shape index (κ1) is 20.8. The Labute approximate surface area is 172 Å². The van der Waals surface area contributed by atoms with E-state index in [1.807, 2.05) is 30.3 Å². The number of pyridine rings is 2. The molecule has 9 nitrogen and oxygen atoms in total. The summed E-state index contributed by atoms with van der Waals surface area (Å²) in [7, 11) is 0. The van der Waals surface area contributed by atoms with Gasteiger partial charge in [-0.05, 0) is 18.1 Å². The predicted molar refractivity (Wildman–Crippen MR) is 111 cm³/mol. The predicted octanol–water partition coefficient (Wildman–Crippen LogP) is 1.76. The molecule has 2 amide bonds. The zero-order valence-electron chi connectivity index (χ0n) is 16.4. The van der Waals surface area contributed by atoms with E-state index in [1.165, 1.54) is 17.7 Å². The van der Waals surface area contributed by atoms with Crippen LogP contribution in [0.4, 0.5) is 4.79 Å². The number of hydrogen-bond acceptors (Lipinski definition) is 6. The highest BCUT2D eigenvalue weighted by Gasteiger charge is 2.15. The molecule has 0 unspecified atom stereocenters. The highest BCUT2D eigenvalue weighted by atomic mass is 16.6. The summed E-state index contributed by atoms with van der Waals surface area (Å²) in [6.45, 7) is 2.49. The summed E-state index contributed by atoms with van der Waals surface area (Å²) in [5.74, 6) is -0.822. The van der Waals surface area contributed by atoms with Crippen LogP contribution < -0.4 is 20.9 Å². The molecule has 0 bridgehead atoms. The normalized spacial score (nSPS) is 10.6. The van der Waals surface area contributed by atoms with E-state index >= 15 is 0 Å². The first-order valence-electron chi connectivity index (χ1n) is 9.41. The molecule has 2 heterocycles. The Morgan fingerprint density at radius 1 is 1.10 bits per heavy atom. The van der Waals surface area contributed by atoms with Gasteiger partial charge in [0.1, 0.15) is 0 Å². The van der Waals surface area contributed by atoms with Crippen molar-refractivity contribution in [1.29, 1.82) is 0 Å². The number of rotatable bonds is 7. The zero-order chi connectivity index (χ0) is 21.5. The Bertz CT molecular complexity index is 1110. The molecule has 0 saturated heterocycles. The van der Waals surface area contributed by atoms with Crippen LogP contribution in [-0.2, 0) is 11.3 Å². The quantitative estimate of drug-likeness (QED) is 0.510. The standard InChI is InChI=1S/C21H22N4O5/c1-14(26)22-9-5-10-23-21(29)30-19-18(27)16-8-11-25(20(28)17(16)12-24-19)13-15-6-3-2-4-7-15/h2-4,6-8,11-12,27H,5,9-10,13H2,1H3,(H,22,26)(H,23,29). The van der Waals surface area contributed by atoms with Crippen molar-refractivity contribution in [3.05, 3.63) is 64.7 Å². The molecule has 3 aromatic rings. The molecular formula is C21H22N4O5. The average molecular weight is 410 g/mol. The van der Waals surface area contributed by atoms with Crippen molar-refractivity contribution in [2.75, 3.05) is 13.1 Å². The molecule has 3 rings (SSSR count). The molecule has 0 aliphatic rings. The maximum atomic E-state index is 12.7. The number of aromatic nitrogens is 2. The largest absolute Gasteiger partial charge is 0.503 e. The first-order valence-corrected chi connectivity index (χ1v) is 9.41. The van der Waals surface area contributed by atoms with Crippen LogP contribution >= 0.6 is 0 Å². The molecule has 0 saturated carbocycles. The van der Waals surface area contributed by atoms with Gasteiger partial charge in [0, 0.05) is 37.8 Å². The number of hydrogen-bond donors (Lipinski definition) is 3. The van der Waals surface area contributed by atoms with Crippen LogP contribution in [0.15, 0.2) is 53.6 Å². The van der Waals surface area contributed by atoms with Crippen LogP contribution in [0.3, 0.4) is 0 Å². The van der Waals surface area contributed by atoms with Gasteiger partial charge in [-0.3, -0.25) is 9.59 Å². The first-order chi connectivity index (χ1) is 14.5. The lowest BCUT2D eigenvalue weighted by Gasteiger charge is -2.11.